The number of rotatable bonds is 16. The van der Waals surface area contributed by atoms with Crippen LogP contribution >= 0.6 is 0 Å². The van der Waals surface area contributed by atoms with E-state index in [1.807, 2.05) is 0 Å². The second kappa shape index (κ2) is 26.8. The van der Waals surface area contributed by atoms with Crippen LogP contribution in [0.5, 0.6) is 11.5 Å². The first-order valence-electron chi connectivity index (χ1n) is 24.6. The molecule has 4 bridgehead atoms. The van der Waals surface area contributed by atoms with Gasteiger partial charge in [0, 0.05) is 38.5 Å². The molecule has 0 unspecified atom stereocenters. The Morgan fingerprint density at radius 2 is 1.11 bits per heavy atom. The number of phenols is 2. The molecule has 0 fully saturated rings. The molecule has 74 heavy (non-hydrogen) atoms. The molecule has 2 aromatic carbocycles. The summed E-state index contributed by atoms with van der Waals surface area (Å²) in [6.45, 7) is 19.1. The number of amides is 8. The van der Waals surface area contributed by atoms with E-state index in [-0.39, 0.29) is 67.9 Å². The Labute approximate surface area is 432 Å². The van der Waals surface area contributed by atoms with Gasteiger partial charge in [-0.2, -0.15) is 0 Å². The van der Waals surface area contributed by atoms with E-state index in [1.54, 1.807) is 107 Å². The van der Waals surface area contributed by atoms with Crippen LogP contribution in [-0.2, 0) is 51.0 Å². The van der Waals surface area contributed by atoms with Crippen molar-refractivity contribution in [1.29, 1.82) is 0 Å². The number of benzene rings is 2. The molecule has 23 nitrogen and oxygen atoms in total. The first-order chi connectivity index (χ1) is 34.2. The number of nitrogens with one attached hydrogen (secondary N) is 8. The Bertz CT molecular complexity index is 2300. The maximum atomic E-state index is 14.5. The topological polar surface area (TPSA) is 330 Å². The van der Waals surface area contributed by atoms with Crippen LogP contribution in [0.3, 0.4) is 0 Å². The highest BCUT2D eigenvalue weighted by Crippen LogP contribution is 2.31. The van der Waals surface area contributed by atoms with Gasteiger partial charge in [0.15, 0.2) is 0 Å². The Morgan fingerprint density at radius 3 is 1.62 bits per heavy atom. The molecule has 0 aliphatic carbocycles. The van der Waals surface area contributed by atoms with Crippen molar-refractivity contribution in [1.82, 2.24) is 42.5 Å². The van der Waals surface area contributed by atoms with E-state index in [1.165, 1.54) is 12.1 Å². The number of aliphatic hydroxyl groups excluding tert-OH is 1. The van der Waals surface area contributed by atoms with Gasteiger partial charge < -0.3 is 76.8 Å². The van der Waals surface area contributed by atoms with E-state index in [4.69, 9.17) is 18.9 Å². The average molecular weight is 1040 g/mol. The molecule has 11 N–H and O–H groups in total. The first-order valence-corrected chi connectivity index (χ1v) is 24.6. The minimum Gasteiger partial charge on any atom is -0.508 e. The van der Waals surface area contributed by atoms with Crippen LogP contribution in [0, 0.1) is 0 Å². The molecule has 0 saturated heterocycles. The number of aromatic hydroxyl groups is 2. The quantitative estimate of drug-likeness (QED) is 0.0841. The lowest BCUT2D eigenvalue weighted by Crippen LogP contribution is -2.59. The Balaban J connectivity index is 2.00. The molecule has 5 atom stereocenters. The number of aliphatic hydroxyl groups is 1. The summed E-state index contributed by atoms with van der Waals surface area (Å²) < 4.78 is 21.4. The third-order valence-electron chi connectivity index (χ3n) is 10.4. The van der Waals surface area contributed by atoms with Gasteiger partial charge in [-0.15, -0.1) is 0 Å². The van der Waals surface area contributed by atoms with Gasteiger partial charge in [0.05, 0.1) is 6.61 Å². The Kier molecular flexibility index (Phi) is 22.2. The maximum absolute atomic E-state index is 14.5. The molecule has 23 heteroatoms. The normalized spacial score (nSPS) is 17.2. The predicted molar refractivity (Wildman–Crippen MR) is 272 cm³/mol. The van der Waals surface area contributed by atoms with Crippen LogP contribution < -0.4 is 42.5 Å². The monoisotopic (exact) mass is 1040 g/mol. The van der Waals surface area contributed by atoms with Crippen molar-refractivity contribution in [2.45, 2.75) is 174 Å². The predicted octanol–water partition coefficient (Wildman–Crippen LogP) is 3.82. The molecule has 1 heterocycles. The zero-order chi connectivity index (χ0) is 55.8. The number of alkyl carbamates (subject to hydrolysis) is 4. The Hall–Kier alpha value is -7.04. The third kappa shape index (κ3) is 22.8. The van der Waals surface area contributed by atoms with Crippen LogP contribution in [0.15, 0.2) is 36.4 Å². The second-order valence-corrected chi connectivity index (χ2v) is 21.9. The number of ether oxygens (including phenoxy) is 4. The molecule has 0 spiro atoms. The summed E-state index contributed by atoms with van der Waals surface area (Å²) in [6, 6.07) is 2.13. The zero-order valence-corrected chi connectivity index (χ0v) is 44.7. The van der Waals surface area contributed by atoms with Gasteiger partial charge in [0.1, 0.15) is 58.1 Å². The molecule has 2 aromatic rings. The van der Waals surface area contributed by atoms with Gasteiger partial charge >= 0.3 is 24.4 Å². The lowest BCUT2D eigenvalue weighted by atomic mass is 9.95. The van der Waals surface area contributed by atoms with E-state index < -0.39 is 114 Å². The van der Waals surface area contributed by atoms with Crippen molar-refractivity contribution < 1.29 is 72.6 Å². The maximum Gasteiger partial charge on any atom is 0.408 e. The van der Waals surface area contributed by atoms with Crippen LogP contribution in [0.4, 0.5) is 19.2 Å². The van der Waals surface area contributed by atoms with Crippen molar-refractivity contribution in [2.75, 3.05) is 26.2 Å². The standard InChI is InChI=1S/C51H78N8O15/c1-48(2,3)71-44(67)52-21-13-15-33(55-46(69)73-50(7,8)9)27-54-40(63)37(28-60)58-42(65)35-25-31-23-29(17-19-38(31)61)30-18-20-39(62)32(24-30)26-36(59-47(70)74-51(10,11)12)43(66)56-34(41(64)57-35)16-14-22-53-45(68)72-49(4,5)6/h17-20,23-24,33-37,60-62H,13-16,21-22,25-28H2,1-12H3,(H,52,67)(H,53,68)(H,54,63)(H,55,69)(H,56,66)(H,57,64)(H,58,65)(H,59,70)/t33-,34-,35-,36-,37-/m0/s1. The molecule has 8 amide bonds. The molecule has 0 aromatic heterocycles. The van der Waals surface area contributed by atoms with Crippen molar-refractivity contribution in [2.24, 2.45) is 0 Å². The van der Waals surface area contributed by atoms with E-state index in [0.717, 1.165) is 0 Å². The van der Waals surface area contributed by atoms with Gasteiger partial charge in [0.2, 0.25) is 23.6 Å². The smallest absolute Gasteiger partial charge is 0.408 e. The van der Waals surface area contributed by atoms with Gasteiger partial charge in [-0.25, -0.2) is 19.2 Å². The number of carbonyl (C=O) groups is 8. The largest absolute Gasteiger partial charge is 0.508 e. The van der Waals surface area contributed by atoms with Crippen LogP contribution in [-0.4, -0.2) is 142 Å². The summed E-state index contributed by atoms with van der Waals surface area (Å²) in [5.41, 5.74) is -2.01. The minimum atomic E-state index is -1.63. The van der Waals surface area contributed by atoms with Crippen LogP contribution in [0.2, 0.25) is 0 Å². The summed E-state index contributed by atoms with van der Waals surface area (Å²) in [6.07, 6.45) is -3.36. The summed E-state index contributed by atoms with van der Waals surface area (Å²) in [4.78, 5) is 107. The second-order valence-electron chi connectivity index (χ2n) is 21.9. The summed E-state index contributed by atoms with van der Waals surface area (Å²) in [5.74, 6) is -4.18. The molecule has 0 saturated carbocycles. The molecule has 0 radical (unpaired) electrons. The summed E-state index contributed by atoms with van der Waals surface area (Å²) in [7, 11) is 0. The van der Waals surface area contributed by atoms with Crippen molar-refractivity contribution in [3.63, 3.8) is 0 Å². The van der Waals surface area contributed by atoms with Crippen molar-refractivity contribution >= 4 is 48.0 Å². The first kappa shape index (κ1) is 61.3. The van der Waals surface area contributed by atoms with Gasteiger partial charge in [0.25, 0.3) is 0 Å². The van der Waals surface area contributed by atoms with Crippen molar-refractivity contribution in [3.05, 3.63) is 47.5 Å². The lowest BCUT2D eigenvalue weighted by Gasteiger charge is -2.27. The number of carbonyl (C=O) groups excluding carboxylic acids is 8. The summed E-state index contributed by atoms with van der Waals surface area (Å²) in [5, 5.41) is 53.4. The molecule has 412 valence electrons. The molecule has 1 aliphatic heterocycles. The number of fused-ring (bicyclic) bond motifs is 5. The van der Waals surface area contributed by atoms with E-state index in [2.05, 4.69) is 42.5 Å². The summed E-state index contributed by atoms with van der Waals surface area (Å²) >= 11 is 0. The third-order valence-corrected chi connectivity index (χ3v) is 10.4. The van der Waals surface area contributed by atoms with Gasteiger partial charge in [-0.05, 0) is 155 Å². The van der Waals surface area contributed by atoms with E-state index >= 15 is 0 Å². The SMILES string of the molecule is CC(C)(C)OC(=O)NCCC[C@@H](CNC(=O)[C@H](CO)NC(=O)[C@@H]1Cc2cc(ccc2O)-c2ccc(O)c(c2)C[C@H](NC(=O)OC(C)(C)C)C(=O)N[C@@H](CCCNC(=O)OC(C)(C)C)C(=O)N1)NC(=O)OC(C)(C)C. The molecule has 3 rings (SSSR count). The highest BCUT2D eigenvalue weighted by molar-refractivity contribution is 5.95. The van der Waals surface area contributed by atoms with Gasteiger partial charge in [-0.3, -0.25) is 19.2 Å². The number of hydrogen-bond acceptors (Lipinski definition) is 15. The number of hydrogen-bond donors (Lipinski definition) is 11. The fourth-order valence-electron chi connectivity index (χ4n) is 7.16. The molecular formula is C51H78N8O15. The fraction of sp³-hybridized carbons (Fsp3) is 0.608. The van der Waals surface area contributed by atoms with E-state index in [9.17, 15) is 53.7 Å². The van der Waals surface area contributed by atoms with Crippen LogP contribution in [0.25, 0.3) is 11.1 Å². The highest BCUT2D eigenvalue weighted by Gasteiger charge is 2.34. The number of phenolic OH excluding ortho intramolecular Hbond substituents is 2. The fourth-order valence-corrected chi connectivity index (χ4v) is 7.16. The van der Waals surface area contributed by atoms with E-state index in [0.29, 0.717) is 17.5 Å². The molecular weight excluding hydrogens is 965 g/mol. The average Bonchev–Trinajstić information content (AvgIpc) is 3.25. The highest BCUT2D eigenvalue weighted by atomic mass is 16.6. The van der Waals surface area contributed by atoms with Crippen molar-refractivity contribution in [3.8, 4) is 22.6 Å². The molecule has 1 aliphatic rings. The lowest BCUT2D eigenvalue weighted by molar-refractivity contribution is -0.134. The minimum absolute atomic E-state index is 0.0240. The van der Waals surface area contributed by atoms with Crippen LogP contribution in [0.1, 0.15) is 120 Å². The zero-order valence-electron chi connectivity index (χ0n) is 44.7. The van der Waals surface area contributed by atoms with Gasteiger partial charge in [-0.1, -0.05) is 12.1 Å². The Morgan fingerprint density at radius 1 is 0.622 bits per heavy atom.